The molecular formula is C28H29N7O4S. The number of carboxylic acid groups (broad SMARTS) is 1. The highest BCUT2D eigenvalue weighted by Crippen LogP contribution is 2.46. The molecule has 3 atom stereocenters. The molecule has 11 nitrogen and oxygen atoms in total. The van der Waals surface area contributed by atoms with Gasteiger partial charge in [0.15, 0.2) is 0 Å². The van der Waals surface area contributed by atoms with Crippen LogP contribution in [0.2, 0.25) is 0 Å². The maximum Gasteiger partial charge on any atom is 0.318 e. The van der Waals surface area contributed by atoms with Crippen molar-refractivity contribution in [3.63, 3.8) is 0 Å². The van der Waals surface area contributed by atoms with E-state index in [1.54, 1.807) is 37.2 Å². The molecule has 5 heterocycles. The quantitative estimate of drug-likeness (QED) is 0.275. The largest absolute Gasteiger partial charge is 0.481 e. The lowest BCUT2D eigenvalue weighted by Gasteiger charge is -2.52. The highest BCUT2D eigenvalue weighted by atomic mass is 32.1. The van der Waals surface area contributed by atoms with Crippen LogP contribution < -0.4 is 20.9 Å². The SMILES string of the molecule is CCNC(=O)NC1(C2CNCCC2(C)C(=O)O)N=CC=CN1c1cc(-c2nccc3occc23)c2scnc2c1. The summed E-state index contributed by atoms with van der Waals surface area (Å²) in [7, 11) is 0. The second-order valence-corrected chi connectivity index (χ2v) is 11.0. The molecule has 0 aliphatic carbocycles. The number of carbonyl (C=O) groups is 2. The summed E-state index contributed by atoms with van der Waals surface area (Å²) in [4.78, 5) is 41.9. The fourth-order valence-corrected chi connectivity index (χ4v) is 6.55. The second-order valence-electron chi connectivity index (χ2n) is 10.1. The fraction of sp³-hybridized carbons (Fsp3) is 0.321. The third-order valence-electron chi connectivity index (χ3n) is 7.84. The zero-order chi connectivity index (χ0) is 27.9. The average molecular weight is 560 g/mol. The van der Waals surface area contributed by atoms with E-state index in [9.17, 15) is 14.7 Å². The number of fused-ring (bicyclic) bond motifs is 2. The molecule has 2 aliphatic heterocycles. The topological polar surface area (TPSA) is 145 Å². The molecule has 1 aromatic carbocycles. The van der Waals surface area contributed by atoms with Gasteiger partial charge in [-0.25, -0.2) is 14.8 Å². The van der Waals surface area contributed by atoms with Crippen molar-refractivity contribution in [3.05, 3.63) is 54.5 Å². The summed E-state index contributed by atoms with van der Waals surface area (Å²) in [5.74, 6) is -3.03. The van der Waals surface area contributed by atoms with Crippen molar-refractivity contribution in [3.8, 4) is 11.3 Å². The number of aliphatic carboxylic acids is 1. The number of furan rings is 1. The second kappa shape index (κ2) is 10.0. The van der Waals surface area contributed by atoms with Crippen molar-refractivity contribution in [2.45, 2.75) is 26.1 Å². The standard InChI is InChI=1S/C28H29N7O4S/c1-3-30-26(38)34-28(22-15-29-10-7-27(22,2)25(36)37)33-8-4-11-35(28)17-13-19(24-20(14-17)32-16-40-24)23-18-6-12-39-21(18)5-9-31-23/h4-6,8-9,11-14,16,22,29H,3,7,10,15H2,1-2H3,(H,36,37)(H2,30,34,38). The van der Waals surface area contributed by atoms with Gasteiger partial charge in [0.05, 0.1) is 39.0 Å². The average Bonchev–Trinajstić information content (AvgIpc) is 3.63. The molecule has 2 amide bonds. The van der Waals surface area contributed by atoms with E-state index in [1.807, 2.05) is 42.3 Å². The van der Waals surface area contributed by atoms with Crippen LogP contribution in [0.15, 0.2) is 63.9 Å². The molecule has 12 heteroatoms. The first-order valence-corrected chi connectivity index (χ1v) is 14.0. The van der Waals surface area contributed by atoms with E-state index in [0.717, 1.165) is 26.9 Å². The van der Waals surface area contributed by atoms with Crippen LogP contribution in [0, 0.1) is 11.3 Å². The number of amides is 2. The van der Waals surface area contributed by atoms with Gasteiger partial charge in [0.1, 0.15) is 5.58 Å². The molecule has 40 heavy (non-hydrogen) atoms. The van der Waals surface area contributed by atoms with Crippen molar-refractivity contribution in [2.75, 3.05) is 24.5 Å². The number of carboxylic acids is 1. The first-order chi connectivity index (χ1) is 19.4. The summed E-state index contributed by atoms with van der Waals surface area (Å²) in [6, 6.07) is 7.17. The number of piperidine rings is 1. The molecule has 0 radical (unpaired) electrons. The Morgan fingerprint density at radius 2 is 2.17 bits per heavy atom. The number of hydrogen-bond donors (Lipinski definition) is 4. The molecule has 0 spiro atoms. The van der Waals surface area contributed by atoms with E-state index in [1.165, 1.54) is 11.3 Å². The number of aliphatic imine (C=N–C) groups is 1. The van der Waals surface area contributed by atoms with Gasteiger partial charge in [-0.3, -0.25) is 15.1 Å². The van der Waals surface area contributed by atoms with Gasteiger partial charge in [-0.1, -0.05) is 0 Å². The summed E-state index contributed by atoms with van der Waals surface area (Å²) in [6.45, 7) is 4.83. The molecular weight excluding hydrogens is 530 g/mol. The highest BCUT2D eigenvalue weighted by Gasteiger charge is 2.57. The van der Waals surface area contributed by atoms with Crippen LogP contribution in [0.3, 0.4) is 0 Å². The molecule has 0 bridgehead atoms. The Kier molecular flexibility index (Phi) is 6.51. The number of rotatable bonds is 6. The highest BCUT2D eigenvalue weighted by molar-refractivity contribution is 7.17. The number of allylic oxidation sites excluding steroid dienone is 1. The van der Waals surface area contributed by atoms with Gasteiger partial charge in [0.2, 0.25) is 5.79 Å². The van der Waals surface area contributed by atoms with Crippen molar-refractivity contribution in [1.82, 2.24) is 25.9 Å². The lowest BCUT2D eigenvalue weighted by Crippen LogP contribution is -2.71. The first kappa shape index (κ1) is 26.0. The van der Waals surface area contributed by atoms with E-state index in [-0.39, 0.29) is 0 Å². The van der Waals surface area contributed by atoms with Crippen molar-refractivity contribution >= 4 is 56.4 Å². The van der Waals surface area contributed by atoms with Crippen LogP contribution in [-0.2, 0) is 4.79 Å². The third kappa shape index (κ3) is 4.11. The van der Waals surface area contributed by atoms with E-state index in [0.29, 0.717) is 37.3 Å². The first-order valence-electron chi connectivity index (χ1n) is 13.1. The minimum atomic E-state index is -1.45. The van der Waals surface area contributed by atoms with E-state index in [2.05, 4.69) is 20.9 Å². The maximum atomic E-state index is 13.1. The van der Waals surface area contributed by atoms with Crippen molar-refractivity contribution in [2.24, 2.45) is 16.3 Å². The fourth-order valence-electron chi connectivity index (χ4n) is 5.76. The lowest BCUT2D eigenvalue weighted by molar-refractivity contribution is -0.155. The van der Waals surface area contributed by atoms with Gasteiger partial charge >= 0.3 is 12.0 Å². The van der Waals surface area contributed by atoms with Gasteiger partial charge < -0.3 is 25.1 Å². The van der Waals surface area contributed by atoms with Gasteiger partial charge in [0, 0.05) is 48.3 Å². The Bertz CT molecular complexity index is 1660. The molecule has 0 saturated carbocycles. The van der Waals surface area contributed by atoms with Gasteiger partial charge in [-0.05, 0) is 57.2 Å². The maximum absolute atomic E-state index is 13.1. The molecule has 4 aromatic rings. The van der Waals surface area contributed by atoms with Crippen molar-refractivity contribution in [1.29, 1.82) is 0 Å². The Hall–Kier alpha value is -4.29. The number of thiazole rings is 1. The molecule has 6 rings (SSSR count). The molecule has 206 valence electrons. The molecule has 3 unspecified atom stereocenters. The van der Waals surface area contributed by atoms with E-state index >= 15 is 0 Å². The number of hydrogen-bond acceptors (Lipinski definition) is 9. The summed E-state index contributed by atoms with van der Waals surface area (Å²) >= 11 is 1.51. The van der Waals surface area contributed by atoms with Crippen LogP contribution in [0.4, 0.5) is 10.5 Å². The minimum absolute atomic E-state index is 0.332. The Morgan fingerprint density at radius 3 is 3.00 bits per heavy atom. The number of benzene rings is 1. The zero-order valence-electron chi connectivity index (χ0n) is 22.0. The molecule has 4 N–H and O–H groups in total. The third-order valence-corrected chi connectivity index (χ3v) is 8.71. The number of anilines is 1. The minimum Gasteiger partial charge on any atom is -0.481 e. The molecule has 2 aliphatic rings. The molecule has 1 saturated heterocycles. The van der Waals surface area contributed by atoms with Crippen LogP contribution in [0.5, 0.6) is 0 Å². The number of nitrogens with one attached hydrogen (secondary N) is 3. The Balaban J connectivity index is 1.57. The number of urea groups is 1. The van der Waals surface area contributed by atoms with Crippen LogP contribution >= 0.6 is 11.3 Å². The number of pyridine rings is 1. The Morgan fingerprint density at radius 1 is 1.30 bits per heavy atom. The number of carbonyl (C=O) groups excluding carboxylic acids is 1. The Labute approximate surface area is 234 Å². The summed E-state index contributed by atoms with van der Waals surface area (Å²) in [6.07, 6.45) is 8.91. The predicted molar refractivity (Wildman–Crippen MR) is 154 cm³/mol. The van der Waals surface area contributed by atoms with E-state index in [4.69, 9.17) is 14.4 Å². The van der Waals surface area contributed by atoms with Gasteiger partial charge in [-0.15, -0.1) is 11.3 Å². The van der Waals surface area contributed by atoms with Gasteiger partial charge in [-0.2, -0.15) is 0 Å². The van der Waals surface area contributed by atoms with Gasteiger partial charge in [0.25, 0.3) is 0 Å². The van der Waals surface area contributed by atoms with E-state index < -0.39 is 29.1 Å². The molecule has 3 aromatic heterocycles. The smallest absolute Gasteiger partial charge is 0.318 e. The van der Waals surface area contributed by atoms with Crippen LogP contribution in [0.1, 0.15) is 20.3 Å². The van der Waals surface area contributed by atoms with Crippen LogP contribution in [-0.4, -0.2) is 58.7 Å². The summed E-state index contributed by atoms with van der Waals surface area (Å²) in [5.41, 5.74) is 4.33. The summed E-state index contributed by atoms with van der Waals surface area (Å²) < 4.78 is 6.59. The number of nitrogens with zero attached hydrogens (tertiary/aromatic N) is 4. The van der Waals surface area contributed by atoms with Crippen molar-refractivity contribution < 1.29 is 19.1 Å². The lowest BCUT2D eigenvalue weighted by atomic mass is 9.68. The monoisotopic (exact) mass is 559 g/mol. The molecule has 1 fully saturated rings. The zero-order valence-corrected chi connectivity index (χ0v) is 22.9. The normalized spacial score (nSPS) is 24.4. The predicted octanol–water partition coefficient (Wildman–Crippen LogP) is 4.18. The summed E-state index contributed by atoms with van der Waals surface area (Å²) in [5, 5.41) is 20.5. The number of aromatic nitrogens is 2. The van der Waals surface area contributed by atoms with Crippen LogP contribution in [0.25, 0.3) is 32.4 Å².